The van der Waals surface area contributed by atoms with Crippen molar-refractivity contribution in [2.24, 2.45) is 0 Å². The van der Waals surface area contributed by atoms with Crippen LogP contribution in [0.25, 0.3) is 55.0 Å². The molecule has 2 aliphatic heterocycles. The van der Waals surface area contributed by atoms with Crippen molar-refractivity contribution in [3.05, 3.63) is 96.6 Å². The van der Waals surface area contributed by atoms with E-state index in [2.05, 4.69) is 119 Å². The lowest BCUT2D eigenvalue weighted by molar-refractivity contribution is 0.00578. The van der Waals surface area contributed by atoms with Gasteiger partial charge in [-0.1, -0.05) is 84.9 Å². The Morgan fingerprint density at radius 1 is 0.625 bits per heavy atom. The van der Waals surface area contributed by atoms with E-state index in [0.717, 1.165) is 55.2 Å². The molecule has 0 atom stereocenters. The average molecular weight is 524 g/mol. The van der Waals surface area contributed by atoms with Crippen molar-refractivity contribution in [1.29, 1.82) is 0 Å². The van der Waals surface area contributed by atoms with Gasteiger partial charge in [0.1, 0.15) is 23.5 Å². The highest BCUT2D eigenvalue weighted by molar-refractivity contribution is 6.65. The maximum Gasteiger partial charge on any atom is 0.498 e. The van der Waals surface area contributed by atoms with Gasteiger partial charge in [0.2, 0.25) is 0 Å². The number of hydrogen-bond donors (Lipinski definition) is 0. The van der Waals surface area contributed by atoms with E-state index < -0.39 is 18.3 Å². The number of furan rings is 1. The number of ether oxygens (including phenoxy) is 1. The molecule has 0 N–H and O–H groups in total. The molecule has 6 aromatic rings. The summed E-state index contributed by atoms with van der Waals surface area (Å²) in [5.41, 5.74) is 7.36. The molecule has 0 saturated carbocycles. The zero-order valence-electron chi connectivity index (χ0n) is 23.1. The van der Waals surface area contributed by atoms with Crippen LogP contribution in [0.4, 0.5) is 0 Å². The minimum Gasteiger partial charge on any atom is -0.488 e. The third-order valence-corrected chi connectivity index (χ3v) is 9.01. The molecular weight excluding hydrogens is 495 g/mol. The molecule has 0 spiro atoms. The SMILES string of the molecule is CC1(C)OB(c2cccc3c2oc2c(-c4c5c(cc6ccccc46)OCc4ccccc4-5)cccc23)OC1(C)C. The minimum atomic E-state index is -0.511. The maximum atomic E-state index is 6.84. The van der Waals surface area contributed by atoms with Crippen molar-refractivity contribution < 1.29 is 18.5 Å². The first-order chi connectivity index (χ1) is 19.3. The van der Waals surface area contributed by atoms with Crippen LogP contribution in [0, 0.1) is 0 Å². The van der Waals surface area contributed by atoms with Crippen molar-refractivity contribution in [2.45, 2.75) is 45.5 Å². The highest BCUT2D eigenvalue weighted by Gasteiger charge is 2.52. The molecule has 5 heteroatoms. The van der Waals surface area contributed by atoms with Crippen LogP contribution >= 0.6 is 0 Å². The largest absolute Gasteiger partial charge is 0.498 e. The molecule has 4 nitrogen and oxygen atoms in total. The van der Waals surface area contributed by atoms with Gasteiger partial charge in [-0.15, -0.1) is 0 Å². The van der Waals surface area contributed by atoms with E-state index >= 15 is 0 Å². The van der Waals surface area contributed by atoms with Gasteiger partial charge in [-0.05, 0) is 55.7 Å². The molecule has 2 aliphatic rings. The fourth-order valence-corrected chi connectivity index (χ4v) is 6.22. The Balaban J connectivity index is 1.43. The van der Waals surface area contributed by atoms with Crippen LogP contribution in [0.3, 0.4) is 0 Å². The summed E-state index contributed by atoms with van der Waals surface area (Å²) in [7, 11) is -0.511. The quantitative estimate of drug-likeness (QED) is 0.214. The van der Waals surface area contributed by atoms with E-state index in [1.54, 1.807) is 0 Å². The summed E-state index contributed by atoms with van der Waals surface area (Å²) < 4.78 is 26.1. The van der Waals surface area contributed by atoms with E-state index in [0.29, 0.717) is 6.61 Å². The zero-order chi connectivity index (χ0) is 27.2. The Hall–Kier alpha value is -4.06. The van der Waals surface area contributed by atoms with Crippen LogP contribution in [0.2, 0.25) is 0 Å². The monoisotopic (exact) mass is 524 g/mol. The van der Waals surface area contributed by atoms with E-state index in [1.807, 2.05) is 0 Å². The predicted molar refractivity (Wildman–Crippen MR) is 162 cm³/mol. The van der Waals surface area contributed by atoms with Crippen LogP contribution in [-0.2, 0) is 15.9 Å². The Bertz CT molecular complexity index is 1970. The van der Waals surface area contributed by atoms with Crippen molar-refractivity contribution >= 4 is 45.3 Å². The van der Waals surface area contributed by atoms with Crippen LogP contribution in [-0.4, -0.2) is 18.3 Å². The second kappa shape index (κ2) is 8.23. The first-order valence-corrected chi connectivity index (χ1v) is 13.9. The van der Waals surface area contributed by atoms with Gasteiger partial charge < -0.3 is 18.5 Å². The molecule has 0 unspecified atom stereocenters. The first-order valence-electron chi connectivity index (χ1n) is 13.9. The molecule has 1 saturated heterocycles. The molecule has 0 radical (unpaired) electrons. The maximum absolute atomic E-state index is 6.84. The summed E-state index contributed by atoms with van der Waals surface area (Å²) in [6.07, 6.45) is 0. The van der Waals surface area contributed by atoms with E-state index in [-0.39, 0.29) is 0 Å². The Kier molecular flexibility index (Phi) is 4.90. The van der Waals surface area contributed by atoms with Gasteiger partial charge in [-0.2, -0.15) is 0 Å². The lowest BCUT2D eigenvalue weighted by Gasteiger charge is -2.32. The Labute approximate surface area is 233 Å². The van der Waals surface area contributed by atoms with E-state index in [9.17, 15) is 0 Å². The molecule has 0 aliphatic carbocycles. The molecule has 40 heavy (non-hydrogen) atoms. The predicted octanol–water partition coefficient (Wildman–Crippen LogP) is 8.26. The minimum absolute atomic E-state index is 0.438. The van der Waals surface area contributed by atoms with Crippen LogP contribution in [0.1, 0.15) is 33.3 Å². The van der Waals surface area contributed by atoms with E-state index in [4.69, 9.17) is 18.5 Å². The number of rotatable bonds is 2. The number of fused-ring (bicyclic) bond motifs is 7. The number of benzene rings is 5. The molecular formula is C35H29BO4. The van der Waals surface area contributed by atoms with Crippen LogP contribution in [0.5, 0.6) is 5.75 Å². The van der Waals surface area contributed by atoms with Gasteiger partial charge in [0, 0.05) is 32.9 Å². The van der Waals surface area contributed by atoms with Gasteiger partial charge in [0.15, 0.2) is 0 Å². The second-order valence-electron chi connectivity index (χ2n) is 11.9. The number of para-hydroxylation sites is 2. The summed E-state index contributed by atoms with van der Waals surface area (Å²) in [6.45, 7) is 8.87. The van der Waals surface area contributed by atoms with Gasteiger partial charge in [-0.3, -0.25) is 0 Å². The summed E-state index contributed by atoms with van der Waals surface area (Å²) >= 11 is 0. The highest BCUT2D eigenvalue weighted by Crippen LogP contribution is 2.50. The molecule has 0 amide bonds. The van der Waals surface area contributed by atoms with Crippen molar-refractivity contribution in [3.63, 3.8) is 0 Å². The summed E-state index contributed by atoms with van der Waals surface area (Å²) in [6, 6.07) is 31.9. The van der Waals surface area contributed by atoms with Gasteiger partial charge >= 0.3 is 7.12 Å². The van der Waals surface area contributed by atoms with Crippen LogP contribution < -0.4 is 10.2 Å². The summed E-state index contributed by atoms with van der Waals surface area (Å²) in [5.74, 6) is 0.901. The number of hydrogen-bond acceptors (Lipinski definition) is 4. The molecule has 0 bridgehead atoms. The van der Waals surface area contributed by atoms with Gasteiger partial charge in [0.05, 0.1) is 11.2 Å². The van der Waals surface area contributed by atoms with E-state index in [1.165, 1.54) is 16.5 Å². The molecule has 1 aromatic heterocycles. The second-order valence-corrected chi connectivity index (χ2v) is 11.9. The molecule has 196 valence electrons. The third kappa shape index (κ3) is 3.28. The molecule has 5 aromatic carbocycles. The molecule has 3 heterocycles. The topological polar surface area (TPSA) is 40.8 Å². The van der Waals surface area contributed by atoms with Gasteiger partial charge in [0.25, 0.3) is 0 Å². The Morgan fingerprint density at radius 2 is 1.27 bits per heavy atom. The van der Waals surface area contributed by atoms with Gasteiger partial charge in [-0.25, -0.2) is 0 Å². The fraction of sp³-hybridized carbons (Fsp3) is 0.200. The molecule has 1 fully saturated rings. The third-order valence-electron chi connectivity index (χ3n) is 9.01. The Morgan fingerprint density at radius 3 is 2.10 bits per heavy atom. The standard InChI is InChI=1S/C35H29BO4/c1-34(2)35(3,4)40-36(39-34)28-18-10-16-26-25-15-9-17-27(32(25)38-33(26)28)30-23-13-7-5-11-21(23)19-29-31(30)24-14-8-6-12-22(24)20-37-29/h5-19H,20H2,1-4H3. The van der Waals surface area contributed by atoms with Crippen molar-refractivity contribution in [2.75, 3.05) is 0 Å². The lowest BCUT2D eigenvalue weighted by atomic mass is 9.78. The normalized spacial score (nSPS) is 17.2. The lowest BCUT2D eigenvalue weighted by Crippen LogP contribution is -2.41. The van der Waals surface area contributed by atoms with Crippen molar-refractivity contribution in [1.82, 2.24) is 0 Å². The molecule has 8 rings (SSSR count). The summed E-state index contributed by atoms with van der Waals surface area (Å²) in [5, 5.41) is 4.43. The fourth-order valence-electron chi connectivity index (χ4n) is 6.22. The van der Waals surface area contributed by atoms with Crippen molar-refractivity contribution in [3.8, 4) is 28.0 Å². The average Bonchev–Trinajstić information content (AvgIpc) is 3.44. The van der Waals surface area contributed by atoms with Crippen LogP contribution in [0.15, 0.2) is 95.4 Å². The smallest absolute Gasteiger partial charge is 0.488 e. The summed E-state index contributed by atoms with van der Waals surface area (Å²) in [4.78, 5) is 0. The highest BCUT2D eigenvalue weighted by atomic mass is 16.7. The zero-order valence-corrected chi connectivity index (χ0v) is 23.1. The first kappa shape index (κ1) is 23.8.